The molecule has 0 fully saturated rings. The monoisotopic (exact) mass is 303 g/mol. The number of aromatic nitrogens is 2. The highest BCUT2D eigenvalue weighted by Gasteiger charge is 2.19. The Kier molecular flexibility index (Phi) is 3.96. The quantitative estimate of drug-likeness (QED) is 0.879. The van der Waals surface area contributed by atoms with Gasteiger partial charge in [0.25, 0.3) is 0 Å². The van der Waals surface area contributed by atoms with E-state index in [-0.39, 0.29) is 16.2 Å². The van der Waals surface area contributed by atoms with E-state index >= 15 is 0 Å². The lowest BCUT2D eigenvalue weighted by Gasteiger charge is -2.12. The summed E-state index contributed by atoms with van der Waals surface area (Å²) in [6.07, 6.45) is 2.36. The predicted molar refractivity (Wildman–Crippen MR) is 70.1 cm³/mol. The van der Waals surface area contributed by atoms with Crippen LogP contribution in [0.3, 0.4) is 0 Å². The van der Waals surface area contributed by atoms with E-state index in [1.807, 2.05) is 16.8 Å². The van der Waals surface area contributed by atoms with Gasteiger partial charge in [0.05, 0.1) is 12.4 Å². The highest BCUT2D eigenvalue weighted by atomic mass is 35.5. The highest BCUT2D eigenvalue weighted by molar-refractivity contribution is 7.89. The van der Waals surface area contributed by atoms with E-state index in [0.29, 0.717) is 0 Å². The van der Waals surface area contributed by atoms with Crippen LogP contribution in [0.5, 0.6) is 0 Å². The van der Waals surface area contributed by atoms with Crippen LogP contribution in [-0.4, -0.2) is 18.4 Å². The van der Waals surface area contributed by atoms with Crippen LogP contribution in [0.25, 0.3) is 0 Å². The van der Waals surface area contributed by atoms with Gasteiger partial charge < -0.3 is 0 Å². The van der Waals surface area contributed by atoms with Crippen LogP contribution in [0.4, 0.5) is 0 Å². The Morgan fingerprint density at radius 3 is 2.61 bits per heavy atom. The van der Waals surface area contributed by atoms with E-state index < -0.39 is 10.0 Å². The summed E-state index contributed by atoms with van der Waals surface area (Å²) in [6.45, 7) is 1.77. The third-order valence-electron chi connectivity index (χ3n) is 2.28. The molecule has 0 radical (unpaired) electrons. The fourth-order valence-electron chi connectivity index (χ4n) is 1.33. The van der Waals surface area contributed by atoms with Crippen LogP contribution in [0.15, 0.2) is 34.1 Å². The SMILES string of the molecule is CC(NS(=O)(=O)c1cnc(Cl)nc1)c1ccsc1. The standard InChI is InChI=1S/C10H10ClN3O2S2/c1-7(8-2-3-17-6-8)14-18(15,16)9-4-12-10(11)13-5-9/h2-7,14H,1H3. The predicted octanol–water partition coefficient (Wildman–Crippen LogP) is 2.23. The Morgan fingerprint density at radius 2 is 2.06 bits per heavy atom. The summed E-state index contributed by atoms with van der Waals surface area (Å²) in [7, 11) is -3.63. The number of hydrogen-bond acceptors (Lipinski definition) is 5. The second kappa shape index (κ2) is 5.31. The minimum absolute atomic E-state index is 0.00557. The van der Waals surface area contributed by atoms with Crippen molar-refractivity contribution < 1.29 is 8.42 Å². The smallest absolute Gasteiger partial charge is 0.225 e. The lowest BCUT2D eigenvalue weighted by atomic mass is 10.2. The van der Waals surface area contributed by atoms with Crippen molar-refractivity contribution >= 4 is 33.0 Å². The molecule has 0 aliphatic rings. The molecule has 0 amide bonds. The van der Waals surface area contributed by atoms with E-state index in [0.717, 1.165) is 5.56 Å². The first-order chi connectivity index (χ1) is 8.49. The average molecular weight is 304 g/mol. The number of nitrogens with zero attached hydrogens (tertiary/aromatic N) is 2. The maximum Gasteiger partial charge on any atom is 0.244 e. The molecule has 0 saturated carbocycles. The van der Waals surface area contributed by atoms with Crippen LogP contribution in [-0.2, 0) is 10.0 Å². The molecule has 2 heterocycles. The van der Waals surface area contributed by atoms with Gasteiger partial charge in [-0.25, -0.2) is 23.1 Å². The molecule has 8 heteroatoms. The molecule has 0 aromatic carbocycles. The van der Waals surface area contributed by atoms with Gasteiger partial charge in [0.2, 0.25) is 15.3 Å². The average Bonchev–Trinajstić information content (AvgIpc) is 2.82. The second-order valence-electron chi connectivity index (χ2n) is 3.59. The third kappa shape index (κ3) is 3.05. The van der Waals surface area contributed by atoms with Gasteiger partial charge in [-0.2, -0.15) is 11.3 Å². The van der Waals surface area contributed by atoms with Crippen LogP contribution < -0.4 is 4.72 Å². The van der Waals surface area contributed by atoms with Crippen molar-refractivity contribution in [3.63, 3.8) is 0 Å². The number of nitrogens with one attached hydrogen (secondary N) is 1. The van der Waals surface area contributed by atoms with Gasteiger partial charge in [0, 0.05) is 6.04 Å². The molecule has 0 aliphatic heterocycles. The first-order valence-electron chi connectivity index (χ1n) is 5.01. The van der Waals surface area contributed by atoms with E-state index in [1.54, 1.807) is 6.92 Å². The molecule has 0 saturated heterocycles. The zero-order valence-electron chi connectivity index (χ0n) is 9.37. The lowest BCUT2D eigenvalue weighted by Crippen LogP contribution is -2.26. The summed E-state index contributed by atoms with van der Waals surface area (Å²) in [4.78, 5) is 7.30. The summed E-state index contributed by atoms with van der Waals surface area (Å²) in [5.41, 5.74) is 0.915. The van der Waals surface area contributed by atoms with Gasteiger partial charge in [-0.1, -0.05) is 0 Å². The molecular formula is C10H10ClN3O2S2. The van der Waals surface area contributed by atoms with Gasteiger partial charge in [-0.3, -0.25) is 0 Å². The summed E-state index contributed by atoms with van der Waals surface area (Å²) >= 11 is 7.03. The van der Waals surface area contributed by atoms with Gasteiger partial charge >= 0.3 is 0 Å². The number of rotatable bonds is 4. The summed E-state index contributed by atoms with van der Waals surface area (Å²) in [6, 6.07) is 1.56. The Hall–Kier alpha value is -1.02. The molecule has 18 heavy (non-hydrogen) atoms. The van der Waals surface area contributed by atoms with Crippen LogP contribution in [0, 0.1) is 0 Å². The first kappa shape index (κ1) is 13.4. The maximum absolute atomic E-state index is 12.0. The zero-order valence-corrected chi connectivity index (χ0v) is 11.8. The summed E-state index contributed by atoms with van der Waals surface area (Å²) in [5, 5.41) is 3.80. The summed E-state index contributed by atoms with van der Waals surface area (Å²) < 4.78 is 26.6. The summed E-state index contributed by atoms with van der Waals surface area (Å²) in [5.74, 6) is 0. The minimum Gasteiger partial charge on any atom is -0.225 e. The Bertz CT molecular complexity index is 611. The molecule has 2 aromatic rings. The molecule has 0 spiro atoms. The molecule has 2 rings (SSSR count). The van der Waals surface area contributed by atoms with Crippen molar-refractivity contribution in [2.45, 2.75) is 17.9 Å². The number of sulfonamides is 1. The molecule has 0 bridgehead atoms. The fourth-order valence-corrected chi connectivity index (χ4v) is 3.30. The molecule has 1 unspecified atom stereocenters. The zero-order chi connectivity index (χ0) is 13.2. The first-order valence-corrected chi connectivity index (χ1v) is 7.81. The Morgan fingerprint density at radius 1 is 1.39 bits per heavy atom. The third-order valence-corrected chi connectivity index (χ3v) is 4.67. The molecule has 1 atom stereocenters. The Labute approximate surface area is 114 Å². The number of thiophene rings is 1. The number of halogens is 1. The van der Waals surface area contributed by atoms with Crippen LogP contribution >= 0.6 is 22.9 Å². The van der Waals surface area contributed by atoms with Crippen molar-refractivity contribution in [3.05, 3.63) is 40.1 Å². The Balaban J connectivity index is 2.20. The van der Waals surface area contributed by atoms with Crippen molar-refractivity contribution in [2.75, 3.05) is 0 Å². The van der Waals surface area contributed by atoms with E-state index in [2.05, 4.69) is 14.7 Å². The van der Waals surface area contributed by atoms with Gasteiger partial charge in [-0.15, -0.1) is 0 Å². The second-order valence-corrected chi connectivity index (χ2v) is 6.42. The van der Waals surface area contributed by atoms with Gasteiger partial charge in [0.1, 0.15) is 4.90 Å². The molecule has 5 nitrogen and oxygen atoms in total. The maximum atomic E-state index is 12.0. The van der Waals surface area contributed by atoms with E-state index in [1.165, 1.54) is 23.7 Å². The highest BCUT2D eigenvalue weighted by Crippen LogP contribution is 2.18. The van der Waals surface area contributed by atoms with Crippen LogP contribution in [0.1, 0.15) is 18.5 Å². The van der Waals surface area contributed by atoms with Crippen molar-refractivity contribution in [1.82, 2.24) is 14.7 Å². The largest absolute Gasteiger partial charge is 0.244 e. The molecular weight excluding hydrogens is 294 g/mol. The van der Waals surface area contributed by atoms with Crippen molar-refractivity contribution in [3.8, 4) is 0 Å². The minimum atomic E-state index is -3.63. The van der Waals surface area contributed by atoms with E-state index in [9.17, 15) is 8.42 Å². The van der Waals surface area contributed by atoms with Crippen molar-refractivity contribution in [1.29, 1.82) is 0 Å². The lowest BCUT2D eigenvalue weighted by molar-refractivity contribution is 0.566. The molecule has 0 aliphatic carbocycles. The molecule has 1 N–H and O–H groups in total. The fraction of sp³-hybridized carbons (Fsp3) is 0.200. The van der Waals surface area contributed by atoms with Crippen molar-refractivity contribution in [2.24, 2.45) is 0 Å². The molecule has 2 aromatic heterocycles. The van der Waals surface area contributed by atoms with Gasteiger partial charge in [-0.05, 0) is 40.9 Å². The van der Waals surface area contributed by atoms with Gasteiger partial charge in [0.15, 0.2) is 0 Å². The normalized spacial score (nSPS) is 13.4. The van der Waals surface area contributed by atoms with E-state index in [4.69, 9.17) is 11.6 Å². The van der Waals surface area contributed by atoms with Crippen LogP contribution in [0.2, 0.25) is 5.28 Å². The number of hydrogen-bond donors (Lipinski definition) is 1. The molecule has 96 valence electrons. The topological polar surface area (TPSA) is 72.0 Å².